The van der Waals surface area contributed by atoms with E-state index in [9.17, 15) is 9.59 Å². The summed E-state index contributed by atoms with van der Waals surface area (Å²) in [6, 6.07) is 5.50. The fourth-order valence-corrected chi connectivity index (χ4v) is 1.91. The van der Waals surface area contributed by atoms with Crippen molar-refractivity contribution in [1.29, 1.82) is 0 Å². The van der Waals surface area contributed by atoms with Crippen LogP contribution in [-0.2, 0) is 4.74 Å². The Bertz CT molecular complexity index is 643. The number of carbonyl (C=O) groups excluding carboxylic acids is 1. The molecular weight excluding hydrogens is 302 g/mol. The SMILES string of the molecule is CC(C)COCC(NC(=O)c1ccc(C(=O)O)o1)c1ccco1. The average Bonchev–Trinajstić information content (AvgIpc) is 3.17. The Kier molecular flexibility index (Phi) is 5.59. The van der Waals surface area contributed by atoms with Crippen molar-refractivity contribution in [3.05, 3.63) is 47.8 Å². The molecule has 0 fully saturated rings. The molecule has 0 spiro atoms. The van der Waals surface area contributed by atoms with E-state index >= 15 is 0 Å². The molecule has 23 heavy (non-hydrogen) atoms. The maximum Gasteiger partial charge on any atom is 0.371 e. The van der Waals surface area contributed by atoms with Crippen molar-refractivity contribution in [3.8, 4) is 0 Å². The largest absolute Gasteiger partial charge is 0.475 e. The van der Waals surface area contributed by atoms with E-state index in [1.807, 2.05) is 13.8 Å². The number of rotatable bonds is 8. The summed E-state index contributed by atoms with van der Waals surface area (Å²) in [4.78, 5) is 23.0. The molecule has 0 bridgehead atoms. The summed E-state index contributed by atoms with van der Waals surface area (Å²) in [5, 5.41) is 11.5. The lowest BCUT2D eigenvalue weighted by Crippen LogP contribution is -2.31. The van der Waals surface area contributed by atoms with Gasteiger partial charge in [0, 0.05) is 6.61 Å². The van der Waals surface area contributed by atoms with E-state index < -0.39 is 17.9 Å². The number of aromatic carboxylic acids is 1. The summed E-state index contributed by atoms with van der Waals surface area (Å²) in [5.74, 6) is -1.22. The van der Waals surface area contributed by atoms with Crippen molar-refractivity contribution in [2.75, 3.05) is 13.2 Å². The number of carboxylic acids is 1. The van der Waals surface area contributed by atoms with Gasteiger partial charge in [0.1, 0.15) is 11.8 Å². The molecule has 0 aliphatic heterocycles. The van der Waals surface area contributed by atoms with Crippen LogP contribution in [0.5, 0.6) is 0 Å². The van der Waals surface area contributed by atoms with Gasteiger partial charge in [-0.25, -0.2) is 4.79 Å². The van der Waals surface area contributed by atoms with Gasteiger partial charge in [-0.3, -0.25) is 4.79 Å². The molecule has 0 aliphatic rings. The molecule has 2 aromatic rings. The van der Waals surface area contributed by atoms with Crippen LogP contribution in [0.4, 0.5) is 0 Å². The van der Waals surface area contributed by atoms with Crippen LogP contribution in [0.25, 0.3) is 0 Å². The van der Waals surface area contributed by atoms with Crippen LogP contribution in [0.3, 0.4) is 0 Å². The first-order valence-electron chi connectivity index (χ1n) is 7.22. The van der Waals surface area contributed by atoms with Crippen molar-refractivity contribution in [2.24, 2.45) is 5.92 Å². The lowest BCUT2D eigenvalue weighted by molar-refractivity contribution is 0.0653. The number of carboxylic acid groups (broad SMARTS) is 1. The maximum atomic E-state index is 12.2. The molecule has 0 aromatic carbocycles. The average molecular weight is 321 g/mol. The summed E-state index contributed by atoms with van der Waals surface area (Å²) in [7, 11) is 0. The van der Waals surface area contributed by atoms with E-state index in [0.717, 1.165) is 0 Å². The maximum absolute atomic E-state index is 12.2. The standard InChI is InChI=1S/C16H19NO6/c1-10(2)8-21-9-11(12-4-3-7-22-12)17-15(18)13-5-6-14(23-13)16(19)20/h3-7,10-11H,8-9H2,1-2H3,(H,17,18)(H,19,20). The van der Waals surface area contributed by atoms with Crippen molar-refractivity contribution >= 4 is 11.9 Å². The van der Waals surface area contributed by atoms with E-state index in [2.05, 4.69) is 5.32 Å². The molecule has 2 aromatic heterocycles. The monoisotopic (exact) mass is 321 g/mol. The summed E-state index contributed by atoms with van der Waals surface area (Å²) >= 11 is 0. The zero-order valence-corrected chi connectivity index (χ0v) is 12.9. The first-order valence-corrected chi connectivity index (χ1v) is 7.22. The van der Waals surface area contributed by atoms with Gasteiger partial charge in [0.05, 0.1) is 12.9 Å². The minimum absolute atomic E-state index is 0.0807. The van der Waals surface area contributed by atoms with Gasteiger partial charge in [0.25, 0.3) is 5.91 Å². The van der Waals surface area contributed by atoms with E-state index in [1.165, 1.54) is 18.4 Å². The number of carbonyl (C=O) groups is 2. The van der Waals surface area contributed by atoms with Gasteiger partial charge >= 0.3 is 5.97 Å². The van der Waals surface area contributed by atoms with Gasteiger partial charge in [0.2, 0.25) is 5.76 Å². The highest BCUT2D eigenvalue weighted by atomic mass is 16.5. The third kappa shape index (κ3) is 4.72. The first-order chi connectivity index (χ1) is 11.0. The van der Waals surface area contributed by atoms with Crippen molar-refractivity contribution in [2.45, 2.75) is 19.9 Å². The second-order valence-electron chi connectivity index (χ2n) is 5.44. The Hall–Kier alpha value is -2.54. The number of hydrogen-bond acceptors (Lipinski definition) is 5. The number of hydrogen-bond donors (Lipinski definition) is 2. The molecule has 7 heteroatoms. The van der Waals surface area contributed by atoms with Crippen molar-refractivity contribution in [3.63, 3.8) is 0 Å². The molecule has 0 radical (unpaired) electrons. The molecule has 1 unspecified atom stereocenters. The number of ether oxygens (including phenoxy) is 1. The van der Waals surface area contributed by atoms with Crippen LogP contribution >= 0.6 is 0 Å². The minimum atomic E-state index is -1.23. The molecule has 0 saturated heterocycles. The Morgan fingerprint density at radius 1 is 1.22 bits per heavy atom. The summed E-state index contributed by atoms with van der Waals surface area (Å²) < 4.78 is 15.9. The molecule has 0 saturated carbocycles. The fraction of sp³-hybridized carbons (Fsp3) is 0.375. The highest BCUT2D eigenvalue weighted by Gasteiger charge is 2.21. The van der Waals surface area contributed by atoms with Crippen LogP contribution in [0.15, 0.2) is 39.4 Å². The zero-order chi connectivity index (χ0) is 16.8. The number of nitrogens with one attached hydrogen (secondary N) is 1. The Balaban J connectivity index is 2.03. The highest BCUT2D eigenvalue weighted by Crippen LogP contribution is 2.16. The third-order valence-electron chi connectivity index (χ3n) is 2.97. The predicted octanol–water partition coefficient (Wildman–Crippen LogP) is 2.71. The lowest BCUT2D eigenvalue weighted by Gasteiger charge is -2.17. The molecule has 2 rings (SSSR count). The fourth-order valence-electron chi connectivity index (χ4n) is 1.91. The smallest absolute Gasteiger partial charge is 0.371 e. The predicted molar refractivity (Wildman–Crippen MR) is 80.2 cm³/mol. The topological polar surface area (TPSA) is 102 Å². The van der Waals surface area contributed by atoms with Gasteiger partial charge in [-0.2, -0.15) is 0 Å². The second kappa shape index (κ2) is 7.64. The minimum Gasteiger partial charge on any atom is -0.475 e. The molecule has 2 N–H and O–H groups in total. The third-order valence-corrected chi connectivity index (χ3v) is 2.97. The van der Waals surface area contributed by atoms with Crippen molar-refractivity contribution < 1.29 is 28.3 Å². The van der Waals surface area contributed by atoms with Gasteiger partial charge < -0.3 is 24.0 Å². The molecular formula is C16H19NO6. The number of furan rings is 2. The molecule has 1 amide bonds. The first kappa shape index (κ1) is 16.8. The van der Waals surface area contributed by atoms with Gasteiger partial charge in [0.15, 0.2) is 5.76 Å². The van der Waals surface area contributed by atoms with E-state index in [4.69, 9.17) is 18.7 Å². The quantitative estimate of drug-likeness (QED) is 0.775. The molecule has 2 heterocycles. The van der Waals surface area contributed by atoms with Crippen molar-refractivity contribution in [1.82, 2.24) is 5.32 Å². The summed E-state index contributed by atoms with van der Waals surface area (Å²) in [5.41, 5.74) is 0. The molecule has 7 nitrogen and oxygen atoms in total. The van der Waals surface area contributed by atoms with Crippen LogP contribution in [0.1, 0.15) is 46.8 Å². The number of amides is 1. The zero-order valence-electron chi connectivity index (χ0n) is 12.9. The van der Waals surface area contributed by atoms with Gasteiger partial charge in [-0.05, 0) is 30.2 Å². The molecule has 0 aliphatic carbocycles. The van der Waals surface area contributed by atoms with E-state index in [1.54, 1.807) is 12.1 Å². The van der Waals surface area contributed by atoms with Gasteiger partial charge in [-0.15, -0.1) is 0 Å². The summed E-state index contributed by atoms with van der Waals surface area (Å²) in [6.07, 6.45) is 1.51. The highest BCUT2D eigenvalue weighted by molar-refractivity contribution is 5.93. The van der Waals surface area contributed by atoms with E-state index in [-0.39, 0.29) is 18.1 Å². The lowest BCUT2D eigenvalue weighted by atomic mass is 10.2. The second-order valence-corrected chi connectivity index (χ2v) is 5.44. The van der Waals surface area contributed by atoms with Crippen LogP contribution in [0.2, 0.25) is 0 Å². The summed E-state index contributed by atoms with van der Waals surface area (Å²) in [6.45, 7) is 4.84. The van der Waals surface area contributed by atoms with Crippen LogP contribution < -0.4 is 5.32 Å². The van der Waals surface area contributed by atoms with Gasteiger partial charge in [-0.1, -0.05) is 13.8 Å². The molecule has 1 atom stereocenters. The Morgan fingerprint density at radius 3 is 2.52 bits per heavy atom. The molecule has 124 valence electrons. The Labute approximate surface area is 133 Å². The van der Waals surface area contributed by atoms with Crippen LogP contribution in [-0.4, -0.2) is 30.2 Å². The van der Waals surface area contributed by atoms with E-state index in [0.29, 0.717) is 18.3 Å². The Morgan fingerprint density at radius 2 is 1.96 bits per heavy atom. The van der Waals surface area contributed by atoms with Crippen LogP contribution in [0, 0.1) is 5.92 Å². The normalized spacial score (nSPS) is 12.3.